The quantitative estimate of drug-likeness (QED) is 0.926. The molecule has 0 radical (unpaired) electrons. The lowest BCUT2D eigenvalue weighted by atomic mass is 9.49. The van der Waals surface area contributed by atoms with E-state index in [1.807, 2.05) is 0 Å². The molecule has 4 bridgehead atoms. The molecule has 1 heterocycles. The van der Waals surface area contributed by atoms with E-state index in [9.17, 15) is 0 Å². The first-order chi connectivity index (χ1) is 9.56. The zero-order valence-corrected chi connectivity index (χ0v) is 13.7. The Balaban J connectivity index is 0.00000132. The average Bonchev–Trinajstić information content (AvgIpc) is 2.86. The van der Waals surface area contributed by atoms with Gasteiger partial charge in [0, 0.05) is 5.41 Å². The molecule has 4 saturated carbocycles. The number of nitrogens with zero attached hydrogens (tertiary/aromatic N) is 2. The summed E-state index contributed by atoms with van der Waals surface area (Å²) in [6, 6.07) is -0.134. The number of halogens is 1. The van der Waals surface area contributed by atoms with Gasteiger partial charge < -0.3 is 10.3 Å². The second-order valence-corrected chi connectivity index (χ2v) is 7.92. The summed E-state index contributed by atoms with van der Waals surface area (Å²) in [5.74, 6) is 4.64. The van der Waals surface area contributed by atoms with Gasteiger partial charge in [0.25, 0.3) is 0 Å². The molecule has 4 nitrogen and oxygen atoms in total. The molecule has 5 rings (SSSR count). The van der Waals surface area contributed by atoms with E-state index in [1.54, 1.807) is 0 Å². The maximum atomic E-state index is 6.15. The number of hydrogen-bond donors (Lipinski definition) is 1. The molecule has 118 valence electrons. The zero-order chi connectivity index (χ0) is 13.9. The number of rotatable bonds is 3. The Morgan fingerprint density at radius 2 is 1.62 bits per heavy atom. The van der Waals surface area contributed by atoms with Gasteiger partial charge in [-0.3, -0.25) is 0 Å². The van der Waals surface area contributed by atoms with Gasteiger partial charge in [0.1, 0.15) is 0 Å². The van der Waals surface area contributed by atoms with E-state index in [4.69, 9.17) is 15.2 Å². The number of hydrogen-bond acceptors (Lipinski definition) is 4. The summed E-state index contributed by atoms with van der Waals surface area (Å²) in [7, 11) is 0. The fraction of sp³-hybridized carbons (Fsp3) is 0.875. The SMILES string of the molecule is CC(C)[C@H](N)c1nc(C23CC4CC(CC(C4)C2)C3)no1.Cl. The van der Waals surface area contributed by atoms with Gasteiger partial charge >= 0.3 is 0 Å². The van der Waals surface area contributed by atoms with Crippen molar-refractivity contribution in [2.75, 3.05) is 0 Å². The summed E-state index contributed by atoms with van der Waals surface area (Å²) in [5, 5.41) is 4.34. The van der Waals surface area contributed by atoms with Gasteiger partial charge in [-0.1, -0.05) is 19.0 Å². The molecule has 0 unspecified atom stereocenters. The molecule has 4 aliphatic carbocycles. The van der Waals surface area contributed by atoms with E-state index < -0.39 is 0 Å². The van der Waals surface area contributed by atoms with Crippen molar-refractivity contribution in [2.45, 2.75) is 63.8 Å². The predicted octanol–water partition coefficient (Wildman–Crippen LogP) is 3.62. The molecule has 1 aromatic heterocycles. The van der Waals surface area contributed by atoms with Gasteiger partial charge in [-0.05, 0) is 62.2 Å². The minimum absolute atomic E-state index is 0. The summed E-state index contributed by atoms with van der Waals surface area (Å²) in [6.07, 6.45) is 8.14. The Labute approximate surface area is 132 Å². The molecule has 1 aromatic rings. The highest BCUT2D eigenvalue weighted by Crippen LogP contribution is 2.60. The van der Waals surface area contributed by atoms with Crippen LogP contribution in [0.25, 0.3) is 0 Å². The number of aromatic nitrogens is 2. The van der Waals surface area contributed by atoms with Gasteiger partial charge in [-0.25, -0.2) is 0 Å². The Morgan fingerprint density at radius 1 is 1.10 bits per heavy atom. The van der Waals surface area contributed by atoms with Crippen LogP contribution in [-0.2, 0) is 5.41 Å². The van der Waals surface area contributed by atoms with E-state index in [-0.39, 0.29) is 23.9 Å². The zero-order valence-electron chi connectivity index (χ0n) is 12.9. The molecule has 0 aromatic carbocycles. The fourth-order valence-corrected chi connectivity index (χ4v) is 5.26. The third-order valence-electron chi connectivity index (χ3n) is 5.96. The molecule has 0 spiro atoms. The van der Waals surface area contributed by atoms with E-state index in [2.05, 4.69) is 19.0 Å². The maximum Gasteiger partial charge on any atom is 0.243 e. The van der Waals surface area contributed by atoms with Gasteiger partial charge in [-0.2, -0.15) is 4.98 Å². The van der Waals surface area contributed by atoms with Crippen molar-refractivity contribution in [3.05, 3.63) is 11.7 Å². The second kappa shape index (κ2) is 5.24. The van der Waals surface area contributed by atoms with Crippen LogP contribution >= 0.6 is 12.4 Å². The van der Waals surface area contributed by atoms with E-state index in [0.717, 1.165) is 23.6 Å². The van der Waals surface area contributed by atoms with E-state index in [0.29, 0.717) is 11.8 Å². The second-order valence-electron chi connectivity index (χ2n) is 7.92. The maximum absolute atomic E-state index is 6.15. The van der Waals surface area contributed by atoms with Crippen molar-refractivity contribution < 1.29 is 4.52 Å². The highest BCUT2D eigenvalue weighted by Gasteiger charge is 2.53. The molecule has 0 aliphatic heterocycles. The third-order valence-corrected chi connectivity index (χ3v) is 5.96. The normalized spacial score (nSPS) is 38.6. The molecule has 5 heteroatoms. The average molecular weight is 312 g/mol. The Kier molecular flexibility index (Phi) is 3.81. The summed E-state index contributed by atoms with van der Waals surface area (Å²) in [4.78, 5) is 4.72. The number of nitrogens with two attached hydrogens (primary N) is 1. The molecule has 4 fully saturated rings. The van der Waals surface area contributed by atoms with E-state index in [1.165, 1.54) is 38.5 Å². The molecular formula is C16H26ClN3O. The topological polar surface area (TPSA) is 64.9 Å². The van der Waals surface area contributed by atoms with Crippen LogP contribution in [0.3, 0.4) is 0 Å². The van der Waals surface area contributed by atoms with Crippen molar-refractivity contribution in [1.82, 2.24) is 10.1 Å². The van der Waals surface area contributed by atoms with Crippen LogP contribution in [0.5, 0.6) is 0 Å². The highest BCUT2D eigenvalue weighted by atomic mass is 35.5. The summed E-state index contributed by atoms with van der Waals surface area (Å²) in [6.45, 7) is 4.19. The predicted molar refractivity (Wildman–Crippen MR) is 83.2 cm³/mol. The summed E-state index contributed by atoms with van der Waals surface area (Å²) < 4.78 is 5.49. The monoisotopic (exact) mass is 311 g/mol. The first-order valence-corrected chi connectivity index (χ1v) is 8.15. The van der Waals surface area contributed by atoms with Crippen LogP contribution in [0.2, 0.25) is 0 Å². The van der Waals surface area contributed by atoms with Gasteiger partial charge in [0.05, 0.1) is 6.04 Å². The molecule has 4 aliphatic rings. The van der Waals surface area contributed by atoms with Gasteiger partial charge in [-0.15, -0.1) is 12.4 Å². The lowest BCUT2D eigenvalue weighted by Gasteiger charge is -2.55. The Bertz CT molecular complexity index is 478. The largest absolute Gasteiger partial charge is 0.338 e. The minimum Gasteiger partial charge on any atom is -0.338 e. The molecule has 21 heavy (non-hydrogen) atoms. The first kappa shape index (κ1) is 15.3. The third kappa shape index (κ3) is 2.40. The summed E-state index contributed by atoms with van der Waals surface area (Å²) >= 11 is 0. The standard InChI is InChI=1S/C16H25N3O.ClH/c1-9(2)13(17)14-18-15(19-20-14)16-6-10-3-11(7-16)5-12(4-10)8-16;/h9-13H,3-8,17H2,1-2H3;1H/t10?,11?,12?,13-,16?;/m0./s1. The van der Waals surface area contributed by atoms with Crippen LogP contribution in [0, 0.1) is 23.7 Å². The first-order valence-electron chi connectivity index (χ1n) is 8.15. The van der Waals surface area contributed by atoms with Crippen molar-refractivity contribution in [3.8, 4) is 0 Å². The van der Waals surface area contributed by atoms with Gasteiger partial charge in [0.2, 0.25) is 5.89 Å². The summed E-state index contributed by atoms with van der Waals surface area (Å²) in [5.41, 5.74) is 6.36. The van der Waals surface area contributed by atoms with E-state index >= 15 is 0 Å². The van der Waals surface area contributed by atoms with Crippen molar-refractivity contribution >= 4 is 12.4 Å². The highest BCUT2D eigenvalue weighted by molar-refractivity contribution is 5.85. The fourth-order valence-electron chi connectivity index (χ4n) is 5.26. The van der Waals surface area contributed by atoms with Crippen molar-refractivity contribution in [2.24, 2.45) is 29.4 Å². The lowest BCUT2D eigenvalue weighted by molar-refractivity contribution is -0.0103. The van der Waals surface area contributed by atoms with Crippen molar-refractivity contribution in [3.63, 3.8) is 0 Å². The minimum atomic E-state index is -0.134. The van der Waals surface area contributed by atoms with Crippen LogP contribution in [0.1, 0.15) is 70.1 Å². The van der Waals surface area contributed by atoms with Gasteiger partial charge in [0.15, 0.2) is 5.82 Å². The van der Waals surface area contributed by atoms with Crippen LogP contribution in [0.4, 0.5) is 0 Å². The molecule has 2 N–H and O–H groups in total. The molecular weight excluding hydrogens is 286 g/mol. The van der Waals surface area contributed by atoms with Crippen molar-refractivity contribution in [1.29, 1.82) is 0 Å². The Hall–Kier alpha value is -0.610. The molecule has 0 amide bonds. The smallest absolute Gasteiger partial charge is 0.243 e. The molecule has 1 atom stereocenters. The molecule has 0 saturated heterocycles. The Morgan fingerprint density at radius 3 is 2.10 bits per heavy atom. The van der Waals surface area contributed by atoms with Crippen LogP contribution in [-0.4, -0.2) is 10.1 Å². The lowest BCUT2D eigenvalue weighted by Crippen LogP contribution is -2.49. The van der Waals surface area contributed by atoms with Crippen LogP contribution < -0.4 is 5.73 Å². The van der Waals surface area contributed by atoms with Crippen LogP contribution in [0.15, 0.2) is 4.52 Å².